The number of ether oxygens (including phenoxy) is 1. The largest absolute Gasteiger partial charge is 0.380 e. The van der Waals surface area contributed by atoms with E-state index < -0.39 is 11.9 Å². The molecule has 0 aromatic rings. The predicted octanol–water partition coefficient (Wildman–Crippen LogP) is 0.820. The van der Waals surface area contributed by atoms with Crippen LogP contribution in [0.5, 0.6) is 0 Å². The summed E-state index contributed by atoms with van der Waals surface area (Å²) < 4.78 is 5.11. The third kappa shape index (κ3) is 6.30. The third-order valence-electron chi connectivity index (χ3n) is 1.75. The number of likely N-dealkylation sites (N-methyl/N-ethyl adjacent to an activating group) is 1. The minimum Gasteiger partial charge on any atom is -0.380 e. The molecular formula is C9H17ClN2O3. The fourth-order valence-electron chi connectivity index (χ4n) is 0.954. The number of nitrogens with zero attached hydrogens (tertiary/aromatic N) is 1. The van der Waals surface area contributed by atoms with Gasteiger partial charge in [-0.1, -0.05) is 0 Å². The maximum atomic E-state index is 11.4. The second-order valence-electron chi connectivity index (χ2n) is 2.76. The van der Waals surface area contributed by atoms with Gasteiger partial charge >= 0.3 is 6.03 Å². The Bertz CT molecular complexity index is 212. The van der Waals surface area contributed by atoms with E-state index in [4.69, 9.17) is 16.3 Å². The average Bonchev–Trinajstić information content (AvgIpc) is 2.24. The Morgan fingerprint density at radius 2 is 2.07 bits per heavy atom. The van der Waals surface area contributed by atoms with Crippen LogP contribution in [0.2, 0.25) is 0 Å². The van der Waals surface area contributed by atoms with Gasteiger partial charge in [-0.2, -0.15) is 0 Å². The van der Waals surface area contributed by atoms with Crippen molar-refractivity contribution < 1.29 is 14.3 Å². The molecule has 0 aliphatic rings. The summed E-state index contributed by atoms with van der Waals surface area (Å²) in [6, 6.07) is -0.428. The monoisotopic (exact) mass is 236 g/mol. The zero-order valence-corrected chi connectivity index (χ0v) is 9.84. The lowest BCUT2D eigenvalue weighted by molar-refractivity contribution is -0.117. The number of nitrogens with one attached hydrogen (secondary N) is 1. The van der Waals surface area contributed by atoms with Crippen LogP contribution in [0.25, 0.3) is 0 Å². The van der Waals surface area contributed by atoms with E-state index in [1.807, 2.05) is 13.8 Å². The number of urea groups is 1. The number of rotatable bonds is 6. The van der Waals surface area contributed by atoms with Crippen molar-refractivity contribution in [3.8, 4) is 0 Å². The Hall–Kier alpha value is -0.810. The van der Waals surface area contributed by atoms with E-state index in [9.17, 15) is 9.59 Å². The van der Waals surface area contributed by atoms with Gasteiger partial charge in [-0.25, -0.2) is 4.79 Å². The molecule has 0 bridgehead atoms. The first-order chi connectivity index (χ1) is 7.15. The molecule has 88 valence electrons. The van der Waals surface area contributed by atoms with Crippen molar-refractivity contribution in [1.82, 2.24) is 10.2 Å². The smallest absolute Gasteiger partial charge is 0.324 e. The SMILES string of the molecule is CCOCCN(CC)C(=O)NC(=O)CCl. The van der Waals surface area contributed by atoms with Gasteiger partial charge in [-0.05, 0) is 13.8 Å². The predicted molar refractivity (Wildman–Crippen MR) is 58.0 cm³/mol. The van der Waals surface area contributed by atoms with Crippen LogP contribution < -0.4 is 5.32 Å². The molecule has 0 saturated carbocycles. The zero-order valence-electron chi connectivity index (χ0n) is 9.09. The first kappa shape index (κ1) is 14.2. The molecule has 0 spiro atoms. The summed E-state index contributed by atoms with van der Waals surface area (Å²) in [5.74, 6) is -0.703. The lowest BCUT2D eigenvalue weighted by Crippen LogP contribution is -2.44. The Morgan fingerprint density at radius 1 is 1.40 bits per heavy atom. The van der Waals surface area contributed by atoms with Crippen LogP contribution in [0.15, 0.2) is 0 Å². The van der Waals surface area contributed by atoms with Gasteiger partial charge in [0, 0.05) is 19.7 Å². The van der Waals surface area contributed by atoms with E-state index >= 15 is 0 Å². The number of alkyl halides is 1. The summed E-state index contributed by atoms with van der Waals surface area (Å²) in [7, 11) is 0. The minimum absolute atomic E-state index is 0.214. The number of hydrogen-bond donors (Lipinski definition) is 1. The summed E-state index contributed by atoms with van der Waals surface area (Å²) in [5.41, 5.74) is 0. The highest BCUT2D eigenvalue weighted by Crippen LogP contribution is 1.90. The lowest BCUT2D eigenvalue weighted by atomic mass is 10.5. The highest BCUT2D eigenvalue weighted by molar-refractivity contribution is 6.28. The molecule has 0 aromatic carbocycles. The fourth-order valence-corrected chi connectivity index (χ4v) is 1.02. The number of imide groups is 1. The fraction of sp³-hybridized carbons (Fsp3) is 0.778. The molecule has 0 saturated heterocycles. The first-order valence-corrected chi connectivity index (χ1v) is 5.41. The molecule has 0 radical (unpaired) electrons. The van der Waals surface area contributed by atoms with E-state index in [0.29, 0.717) is 26.3 Å². The Morgan fingerprint density at radius 3 is 2.53 bits per heavy atom. The molecule has 6 heteroatoms. The van der Waals surface area contributed by atoms with Crippen LogP contribution in [0.1, 0.15) is 13.8 Å². The first-order valence-electron chi connectivity index (χ1n) is 4.88. The van der Waals surface area contributed by atoms with Gasteiger partial charge in [-0.3, -0.25) is 10.1 Å². The van der Waals surface area contributed by atoms with Gasteiger partial charge in [0.1, 0.15) is 5.88 Å². The van der Waals surface area contributed by atoms with E-state index in [1.165, 1.54) is 4.90 Å². The van der Waals surface area contributed by atoms with Crippen molar-refractivity contribution >= 4 is 23.5 Å². The van der Waals surface area contributed by atoms with Crippen LogP contribution in [-0.4, -0.2) is 49.0 Å². The van der Waals surface area contributed by atoms with Gasteiger partial charge in [0.25, 0.3) is 0 Å². The van der Waals surface area contributed by atoms with Crippen molar-refractivity contribution in [2.45, 2.75) is 13.8 Å². The van der Waals surface area contributed by atoms with Crippen LogP contribution in [-0.2, 0) is 9.53 Å². The Balaban J connectivity index is 3.93. The molecule has 5 nitrogen and oxygen atoms in total. The Kier molecular flexibility index (Phi) is 8.04. The quantitative estimate of drug-likeness (QED) is 0.549. The number of hydrogen-bond acceptors (Lipinski definition) is 3. The molecule has 0 aromatic heterocycles. The number of amides is 3. The highest BCUT2D eigenvalue weighted by Gasteiger charge is 2.13. The number of carbonyl (C=O) groups is 2. The maximum Gasteiger partial charge on any atom is 0.324 e. The number of halogens is 1. The molecule has 0 heterocycles. The van der Waals surface area contributed by atoms with Crippen molar-refractivity contribution in [2.75, 3.05) is 32.2 Å². The van der Waals surface area contributed by atoms with Gasteiger partial charge in [0.2, 0.25) is 5.91 Å². The zero-order chi connectivity index (χ0) is 11.7. The Labute approximate surface area is 94.7 Å². The topological polar surface area (TPSA) is 58.6 Å². The van der Waals surface area contributed by atoms with Crippen LogP contribution in [0, 0.1) is 0 Å². The summed E-state index contributed by atoms with van der Waals surface area (Å²) in [4.78, 5) is 23.8. The van der Waals surface area contributed by atoms with Crippen LogP contribution >= 0.6 is 11.6 Å². The summed E-state index contributed by atoms with van der Waals surface area (Å²) >= 11 is 5.26. The van der Waals surface area contributed by atoms with Crippen LogP contribution in [0.4, 0.5) is 4.79 Å². The second kappa shape index (κ2) is 8.49. The molecule has 1 N–H and O–H groups in total. The normalized spacial score (nSPS) is 9.80. The van der Waals surface area contributed by atoms with E-state index in [2.05, 4.69) is 5.32 Å². The summed E-state index contributed by atoms with van der Waals surface area (Å²) in [6.07, 6.45) is 0. The molecule has 0 fully saturated rings. The van der Waals surface area contributed by atoms with Gasteiger partial charge in [-0.15, -0.1) is 11.6 Å². The second-order valence-corrected chi connectivity index (χ2v) is 3.03. The molecule has 0 aliphatic heterocycles. The highest BCUT2D eigenvalue weighted by atomic mass is 35.5. The average molecular weight is 237 g/mol. The van der Waals surface area contributed by atoms with Gasteiger partial charge in [0.15, 0.2) is 0 Å². The van der Waals surface area contributed by atoms with Crippen LogP contribution in [0.3, 0.4) is 0 Å². The maximum absolute atomic E-state index is 11.4. The van der Waals surface area contributed by atoms with Crippen molar-refractivity contribution in [3.63, 3.8) is 0 Å². The summed E-state index contributed by atoms with van der Waals surface area (Å²) in [6.45, 7) is 5.77. The standard InChI is InChI=1S/C9H17ClN2O3/c1-3-12(5-6-15-4-2)9(14)11-8(13)7-10/h3-7H2,1-2H3,(H,11,13,14). The number of carbonyl (C=O) groups excluding carboxylic acids is 2. The lowest BCUT2D eigenvalue weighted by Gasteiger charge is -2.20. The third-order valence-corrected chi connectivity index (χ3v) is 1.99. The molecule has 3 amide bonds. The van der Waals surface area contributed by atoms with Gasteiger partial charge in [0.05, 0.1) is 6.61 Å². The molecule has 0 aliphatic carbocycles. The molecular weight excluding hydrogens is 220 g/mol. The minimum atomic E-state index is -0.489. The van der Waals surface area contributed by atoms with E-state index in [0.717, 1.165) is 0 Å². The van der Waals surface area contributed by atoms with E-state index in [-0.39, 0.29) is 5.88 Å². The molecule has 15 heavy (non-hydrogen) atoms. The van der Waals surface area contributed by atoms with Crippen molar-refractivity contribution in [3.05, 3.63) is 0 Å². The van der Waals surface area contributed by atoms with E-state index in [1.54, 1.807) is 0 Å². The molecule has 0 unspecified atom stereocenters. The van der Waals surface area contributed by atoms with Crippen molar-refractivity contribution in [1.29, 1.82) is 0 Å². The summed E-state index contributed by atoms with van der Waals surface area (Å²) in [5, 5.41) is 2.17. The molecule has 0 atom stereocenters. The van der Waals surface area contributed by atoms with Crippen molar-refractivity contribution in [2.24, 2.45) is 0 Å². The molecule has 0 rings (SSSR count). The van der Waals surface area contributed by atoms with Gasteiger partial charge < -0.3 is 9.64 Å².